The number of fused-ring (bicyclic) bond motifs is 2. The van der Waals surface area contributed by atoms with E-state index in [-0.39, 0.29) is 5.56 Å². The molecular weight excluding hydrogens is 370 g/mol. The van der Waals surface area contributed by atoms with Crippen molar-refractivity contribution >= 4 is 29.1 Å². The molecule has 1 aliphatic rings. The maximum absolute atomic E-state index is 11.2. The first kappa shape index (κ1) is 18.4. The SMILES string of the molecule is O=C(O)c1ccccc1OCCCCc1cccc2c1Nc1ccccc1S2. The number of aromatic carboxylic acids is 1. The molecule has 142 valence electrons. The number of aryl methyl sites for hydroxylation is 1. The first-order chi connectivity index (χ1) is 13.7. The molecule has 0 amide bonds. The normalized spacial score (nSPS) is 11.9. The highest BCUT2D eigenvalue weighted by molar-refractivity contribution is 7.99. The molecule has 0 aliphatic carbocycles. The van der Waals surface area contributed by atoms with Gasteiger partial charge in [0.2, 0.25) is 0 Å². The standard InChI is InChI=1S/C23H21NO3S/c25-23(26)17-10-1-3-12-19(17)27-15-6-5-8-16-9-7-14-21-22(16)24-18-11-2-4-13-20(18)28-21/h1-4,7,9-14,24H,5-6,8,15H2,(H,25,26). The lowest BCUT2D eigenvalue weighted by Gasteiger charge is -2.23. The van der Waals surface area contributed by atoms with Crippen molar-refractivity contribution in [3.05, 3.63) is 77.9 Å². The highest BCUT2D eigenvalue weighted by Crippen LogP contribution is 2.45. The number of ether oxygens (including phenoxy) is 1. The van der Waals surface area contributed by atoms with Gasteiger partial charge in [-0.1, -0.05) is 48.2 Å². The predicted molar refractivity (Wildman–Crippen MR) is 112 cm³/mol. The molecule has 4 rings (SSSR count). The number of nitrogens with one attached hydrogen (secondary N) is 1. The second kappa shape index (κ2) is 8.40. The van der Waals surface area contributed by atoms with Crippen molar-refractivity contribution < 1.29 is 14.6 Å². The molecule has 0 saturated carbocycles. The van der Waals surface area contributed by atoms with Crippen LogP contribution >= 0.6 is 11.8 Å². The van der Waals surface area contributed by atoms with Crippen LogP contribution in [0.2, 0.25) is 0 Å². The van der Waals surface area contributed by atoms with Gasteiger partial charge in [0.05, 0.1) is 18.0 Å². The number of unbranched alkanes of at least 4 members (excludes halogenated alkanes) is 1. The minimum Gasteiger partial charge on any atom is -0.493 e. The van der Waals surface area contributed by atoms with Gasteiger partial charge in [-0.3, -0.25) is 0 Å². The van der Waals surface area contributed by atoms with E-state index in [1.54, 1.807) is 36.0 Å². The molecule has 28 heavy (non-hydrogen) atoms. The predicted octanol–water partition coefficient (Wildman–Crippen LogP) is 5.99. The Morgan fingerprint density at radius 1 is 0.929 bits per heavy atom. The summed E-state index contributed by atoms with van der Waals surface area (Å²) in [5.41, 5.74) is 3.86. The van der Waals surface area contributed by atoms with Crippen LogP contribution in [0.25, 0.3) is 0 Å². The zero-order chi connectivity index (χ0) is 19.3. The smallest absolute Gasteiger partial charge is 0.339 e. The number of para-hydroxylation sites is 3. The van der Waals surface area contributed by atoms with E-state index < -0.39 is 5.97 Å². The van der Waals surface area contributed by atoms with E-state index in [1.165, 1.54) is 21.0 Å². The Bertz CT molecular complexity index is 1000. The van der Waals surface area contributed by atoms with Gasteiger partial charge in [0, 0.05) is 9.79 Å². The van der Waals surface area contributed by atoms with Gasteiger partial charge in [-0.25, -0.2) is 4.79 Å². The van der Waals surface area contributed by atoms with Gasteiger partial charge in [-0.15, -0.1) is 0 Å². The molecule has 3 aromatic rings. The molecule has 0 radical (unpaired) electrons. The van der Waals surface area contributed by atoms with Gasteiger partial charge in [0.15, 0.2) is 0 Å². The Hall–Kier alpha value is -2.92. The molecule has 0 saturated heterocycles. The summed E-state index contributed by atoms with van der Waals surface area (Å²) < 4.78 is 5.69. The van der Waals surface area contributed by atoms with Crippen LogP contribution in [0.15, 0.2) is 76.5 Å². The number of hydrogen-bond donors (Lipinski definition) is 2. The maximum atomic E-state index is 11.2. The van der Waals surface area contributed by atoms with Crippen molar-refractivity contribution in [3.8, 4) is 5.75 Å². The summed E-state index contributed by atoms with van der Waals surface area (Å²) >= 11 is 1.80. The van der Waals surface area contributed by atoms with Gasteiger partial charge in [-0.2, -0.15) is 0 Å². The Labute approximate surface area is 168 Å². The van der Waals surface area contributed by atoms with E-state index in [0.717, 1.165) is 24.9 Å². The largest absolute Gasteiger partial charge is 0.493 e. The summed E-state index contributed by atoms with van der Waals surface area (Å²) in [4.78, 5) is 13.7. The van der Waals surface area contributed by atoms with Crippen LogP contribution in [-0.2, 0) is 6.42 Å². The van der Waals surface area contributed by atoms with Gasteiger partial charge in [-0.05, 0) is 55.2 Å². The monoisotopic (exact) mass is 391 g/mol. The summed E-state index contributed by atoms with van der Waals surface area (Å²) in [6, 6.07) is 21.5. The van der Waals surface area contributed by atoms with Crippen LogP contribution in [0.3, 0.4) is 0 Å². The summed E-state index contributed by atoms with van der Waals surface area (Å²) in [7, 11) is 0. The molecule has 0 spiro atoms. The third-order valence-electron chi connectivity index (χ3n) is 4.69. The Morgan fingerprint density at radius 3 is 2.61 bits per heavy atom. The van der Waals surface area contributed by atoms with Crippen LogP contribution < -0.4 is 10.1 Å². The van der Waals surface area contributed by atoms with E-state index >= 15 is 0 Å². The number of rotatable bonds is 7. The van der Waals surface area contributed by atoms with Crippen molar-refractivity contribution in [1.29, 1.82) is 0 Å². The molecule has 1 aliphatic heterocycles. The molecule has 0 fully saturated rings. The second-order valence-electron chi connectivity index (χ2n) is 6.62. The fraction of sp³-hybridized carbons (Fsp3) is 0.174. The molecule has 0 aromatic heterocycles. The third kappa shape index (κ3) is 3.99. The first-order valence-electron chi connectivity index (χ1n) is 9.33. The average molecular weight is 391 g/mol. The topological polar surface area (TPSA) is 58.6 Å². The number of carbonyl (C=O) groups is 1. The number of benzene rings is 3. The van der Waals surface area contributed by atoms with E-state index in [0.29, 0.717) is 12.4 Å². The molecule has 0 atom stereocenters. The van der Waals surface area contributed by atoms with Crippen LogP contribution in [0.1, 0.15) is 28.8 Å². The van der Waals surface area contributed by atoms with Crippen molar-refractivity contribution in [2.45, 2.75) is 29.1 Å². The van der Waals surface area contributed by atoms with Gasteiger partial charge >= 0.3 is 5.97 Å². The van der Waals surface area contributed by atoms with Gasteiger partial charge in [0.25, 0.3) is 0 Å². The highest BCUT2D eigenvalue weighted by atomic mass is 32.2. The quantitative estimate of drug-likeness (QED) is 0.379. The van der Waals surface area contributed by atoms with Crippen molar-refractivity contribution in [2.24, 2.45) is 0 Å². The fourth-order valence-electron chi connectivity index (χ4n) is 3.29. The Kier molecular flexibility index (Phi) is 5.53. The molecule has 0 unspecified atom stereocenters. The summed E-state index contributed by atoms with van der Waals surface area (Å²) in [6.07, 6.45) is 2.78. The third-order valence-corrected chi connectivity index (χ3v) is 5.83. The van der Waals surface area contributed by atoms with E-state index in [9.17, 15) is 9.90 Å². The van der Waals surface area contributed by atoms with Gasteiger partial charge in [0.1, 0.15) is 11.3 Å². The minimum absolute atomic E-state index is 0.208. The highest BCUT2D eigenvalue weighted by Gasteiger charge is 2.17. The van der Waals surface area contributed by atoms with E-state index in [2.05, 4.69) is 41.7 Å². The van der Waals surface area contributed by atoms with Crippen LogP contribution in [0, 0.1) is 0 Å². The number of carboxylic acids is 1. The van der Waals surface area contributed by atoms with E-state index in [1.807, 2.05) is 6.07 Å². The van der Waals surface area contributed by atoms with Crippen molar-refractivity contribution in [3.63, 3.8) is 0 Å². The molecule has 0 bridgehead atoms. The van der Waals surface area contributed by atoms with Crippen molar-refractivity contribution in [2.75, 3.05) is 11.9 Å². The molecule has 5 heteroatoms. The lowest BCUT2D eigenvalue weighted by Crippen LogP contribution is -2.06. The van der Waals surface area contributed by atoms with Crippen LogP contribution in [0.5, 0.6) is 5.75 Å². The minimum atomic E-state index is -0.963. The first-order valence-corrected chi connectivity index (χ1v) is 10.1. The summed E-state index contributed by atoms with van der Waals surface area (Å²) in [6.45, 7) is 0.504. The van der Waals surface area contributed by atoms with Crippen LogP contribution in [-0.4, -0.2) is 17.7 Å². The number of anilines is 2. The average Bonchev–Trinajstić information content (AvgIpc) is 2.72. The van der Waals surface area contributed by atoms with Crippen LogP contribution in [0.4, 0.5) is 11.4 Å². The summed E-state index contributed by atoms with van der Waals surface area (Å²) in [5, 5.41) is 12.8. The Morgan fingerprint density at radius 2 is 1.71 bits per heavy atom. The number of hydrogen-bond acceptors (Lipinski definition) is 4. The molecule has 1 heterocycles. The fourth-order valence-corrected chi connectivity index (χ4v) is 4.34. The lowest BCUT2D eigenvalue weighted by molar-refractivity contribution is 0.0692. The second-order valence-corrected chi connectivity index (χ2v) is 7.70. The maximum Gasteiger partial charge on any atom is 0.339 e. The number of carboxylic acid groups (broad SMARTS) is 1. The molecule has 4 nitrogen and oxygen atoms in total. The molecular formula is C23H21NO3S. The molecule has 3 aromatic carbocycles. The lowest BCUT2D eigenvalue weighted by atomic mass is 10.1. The van der Waals surface area contributed by atoms with Gasteiger partial charge < -0.3 is 15.2 Å². The molecule has 2 N–H and O–H groups in total. The van der Waals surface area contributed by atoms with E-state index in [4.69, 9.17) is 4.74 Å². The zero-order valence-electron chi connectivity index (χ0n) is 15.4. The van der Waals surface area contributed by atoms with Crippen molar-refractivity contribution in [1.82, 2.24) is 0 Å². The zero-order valence-corrected chi connectivity index (χ0v) is 16.2. The summed E-state index contributed by atoms with van der Waals surface area (Å²) in [5.74, 6) is -0.530. The Balaban J connectivity index is 1.34.